The van der Waals surface area contributed by atoms with Crippen molar-refractivity contribution in [1.82, 2.24) is 0 Å². The molecule has 164 valence electrons. The summed E-state index contributed by atoms with van der Waals surface area (Å²) >= 11 is 0. The fraction of sp³-hybridized carbons (Fsp3) is 0.654. The molecule has 0 aliphatic heterocycles. The molecule has 1 rings (SSSR count). The van der Waals surface area contributed by atoms with E-state index in [2.05, 4.69) is 6.92 Å². The van der Waals surface area contributed by atoms with E-state index in [4.69, 9.17) is 9.47 Å². The van der Waals surface area contributed by atoms with Crippen molar-refractivity contribution < 1.29 is 14.3 Å². The summed E-state index contributed by atoms with van der Waals surface area (Å²) in [6.45, 7) is 2.27. The first kappa shape index (κ1) is 25.3. The van der Waals surface area contributed by atoms with Crippen LogP contribution in [0.5, 0.6) is 11.5 Å². The molecule has 0 spiro atoms. The molecule has 0 fully saturated rings. The summed E-state index contributed by atoms with van der Waals surface area (Å²) in [5, 5.41) is 0. The summed E-state index contributed by atoms with van der Waals surface area (Å²) < 4.78 is 10.6. The van der Waals surface area contributed by atoms with Gasteiger partial charge in [-0.2, -0.15) is 0 Å². The molecule has 0 bridgehead atoms. The van der Waals surface area contributed by atoms with E-state index in [1.165, 1.54) is 77.0 Å². The molecule has 0 N–H and O–H groups in total. The number of unbranched alkanes of at least 4 members (excludes halogenated alkanes) is 12. The zero-order valence-electron chi connectivity index (χ0n) is 19.0. The number of carbonyl (C=O) groups is 1. The molecular formula is C26H42O3. The van der Waals surface area contributed by atoms with E-state index < -0.39 is 0 Å². The molecule has 0 unspecified atom stereocenters. The van der Waals surface area contributed by atoms with Crippen LogP contribution in [-0.4, -0.2) is 20.5 Å². The lowest BCUT2D eigenvalue weighted by atomic mass is 10.0. The van der Waals surface area contributed by atoms with Crippen LogP contribution < -0.4 is 9.47 Å². The van der Waals surface area contributed by atoms with E-state index in [9.17, 15) is 4.79 Å². The van der Waals surface area contributed by atoms with Gasteiger partial charge in [-0.25, -0.2) is 0 Å². The first-order valence-electron chi connectivity index (χ1n) is 11.6. The second kappa shape index (κ2) is 17.1. The Morgan fingerprint density at radius 3 is 1.83 bits per heavy atom. The lowest BCUT2D eigenvalue weighted by molar-refractivity contribution is -0.105. The Hall–Kier alpha value is -1.77. The minimum absolute atomic E-state index is 0.731. The highest BCUT2D eigenvalue weighted by atomic mass is 16.5. The second-order valence-corrected chi connectivity index (χ2v) is 7.94. The maximum Gasteiger partial charge on any atom is 0.146 e. The van der Waals surface area contributed by atoms with Gasteiger partial charge in [0.2, 0.25) is 0 Å². The Labute approximate surface area is 178 Å². The Kier molecular flexibility index (Phi) is 14.9. The molecule has 0 aliphatic carbocycles. The number of carbonyl (C=O) groups excluding carboxylic acids is 1. The molecule has 0 radical (unpaired) electrons. The van der Waals surface area contributed by atoms with Crippen LogP contribution in [0, 0.1) is 0 Å². The van der Waals surface area contributed by atoms with Crippen LogP contribution in [0.2, 0.25) is 0 Å². The van der Waals surface area contributed by atoms with Crippen molar-refractivity contribution in [2.24, 2.45) is 0 Å². The van der Waals surface area contributed by atoms with Gasteiger partial charge < -0.3 is 9.47 Å². The van der Waals surface area contributed by atoms with Crippen molar-refractivity contribution >= 4 is 12.4 Å². The van der Waals surface area contributed by atoms with Gasteiger partial charge in [0.05, 0.1) is 14.2 Å². The standard InChI is InChI=1S/C26H42O3/c1-4-5-6-7-8-9-10-11-12-13-14-15-16-17-23(22-27)20-24-18-19-25(28-2)21-26(24)29-3/h18-22H,4-17H2,1-3H3/b23-20-. The van der Waals surface area contributed by atoms with Crippen molar-refractivity contribution in [3.63, 3.8) is 0 Å². The molecule has 0 aromatic heterocycles. The fourth-order valence-corrected chi connectivity index (χ4v) is 3.65. The summed E-state index contributed by atoms with van der Waals surface area (Å²) in [5.41, 5.74) is 1.75. The van der Waals surface area contributed by atoms with Crippen molar-refractivity contribution in [3.8, 4) is 11.5 Å². The van der Waals surface area contributed by atoms with Gasteiger partial charge in [-0.3, -0.25) is 4.79 Å². The van der Waals surface area contributed by atoms with Crippen molar-refractivity contribution in [3.05, 3.63) is 29.3 Å². The molecule has 0 saturated heterocycles. The van der Waals surface area contributed by atoms with E-state index >= 15 is 0 Å². The first-order chi connectivity index (χ1) is 14.2. The molecule has 0 atom stereocenters. The number of methoxy groups -OCH3 is 2. The smallest absolute Gasteiger partial charge is 0.146 e. The molecule has 3 nitrogen and oxygen atoms in total. The number of hydrogen-bond acceptors (Lipinski definition) is 3. The number of benzene rings is 1. The van der Waals surface area contributed by atoms with E-state index in [0.717, 1.165) is 41.8 Å². The fourth-order valence-electron chi connectivity index (χ4n) is 3.65. The summed E-state index contributed by atoms with van der Waals surface area (Å²) in [4.78, 5) is 11.4. The largest absolute Gasteiger partial charge is 0.497 e. The van der Waals surface area contributed by atoms with Gasteiger partial charge in [-0.05, 0) is 36.6 Å². The predicted molar refractivity (Wildman–Crippen MR) is 124 cm³/mol. The van der Waals surface area contributed by atoms with Gasteiger partial charge in [0.1, 0.15) is 17.8 Å². The number of allylic oxidation sites excluding steroid dienone is 1. The van der Waals surface area contributed by atoms with Gasteiger partial charge in [0.15, 0.2) is 0 Å². The quantitative estimate of drug-likeness (QED) is 0.143. The normalized spacial score (nSPS) is 11.5. The Balaban J connectivity index is 2.17. The molecule has 0 amide bonds. The van der Waals surface area contributed by atoms with Crippen LogP contribution in [0.3, 0.4) is 0 Å². The number of ether oxygens (including phenoxy) is 2. The maximum atomic E-state index is 11.4. The minimum atomic E-state index is 0.731. The van der Waals surface area contributed by atoms with Crippen LogP contribution in [0.25, 0.3) is 6.08 Å². The van der Waals surface area contributed by atoms with Crippen LogP contribution in [0.15, 0.2) is 23.8 Å². The summed E-state index contributed by atoms with van der Waals surface area (Å²) in [5.74, 6) is 1.48. The van der Waals surface area contributed by atoms with E-state index in [1.54, 1.807) is 14.2 Å². The van der Waals surface area contributed by atoms with Crippen molar-refractivity contribution in [1.29, 1.82) is 0 Å². The Morgan fingerprint density at radius 1 is 0.793 bits per heavy atom. The predicted octanol–water partition coefficient (Wildman–Crippen LogP) is 7.77. The molecule has 1 aromatic rings. The third-order valence-corrected chi connectivity index (χ3v) is 5.50. The van der Waals surface area contributed by atoms with Gasteiger partial charge in [0.25, 0.3) is 0 Å². The summed E-state index contributed by atoms with van der Waals surface area (Å²) in [6.07, 6.45) is 21.1. The zero-order valence-corrected chi connectivity index (χ0v) is 19.0. The Bertz CT molecular complexity index is 577. The average molecular weight is 403 g/mol. The Morgan fingerprint density at radius 2 is 1.34 bits per heavy atom. The van der Waals surface area contributed by atoms with Crippen LogP contribution in [0.4, 0.5) is 0 Å². The van der Waals surface area contributed by atoms with Crippen LogP contribution >= 0.6 is 0 Å². The minimum Gasteiger partial charge on any atom is -0.497 e. The summed E-state index contributed by atoms with van der Waals surface area (Å²) in [7, 11) is 3.27. The van der Waals surface area contributed by atoms with Crippen LogP contribution in [-0.2, 0) is 4.79 Å². The van der Waals surface area contributed by atoms with Crippen molar-refractivity contribution in [2.75, 3.05) is 14.2 Å². The molecule has 0 saturated carbocycles. The highest BCUT2D eigenvalue weighted by Gasteiger charge is 2.05. The highest BCUT2D eigenvalue weighted by molar-refractivity contribution is 5.82. The molecule has 0 heterocycles. The second-order valence-electron chi connectivity index (χ2n) is 7.94. The molecule has 3 heteroatoms. The van der Waals surface area contributed by atoms with E-state index in [1.807, 2.05) is 24.3 Å². The number of rotatable bonds is 18. The van der Waals surface area contributed by atoms with Gasteiger partial charge >= 0.3 is 0 Å². The third kappa shape index (κ3) is 11.7. The van der Waals surface area contributed by atoms with Gasteiger partial charge in [-0.1, -0.05) is 84.0 Å². The summed E-state index contributed by atoms with van der Waals surface area (Å²) in [6, 6.07) is 5.67. The topological polar surface area (TPSA) is 35.5 Å². The SMILES string of the molecule is CCCCCCCCCCCCCCC/C(C=O)=C/c1ccc(OC)cc1OC. The van der Waals surface area contributed by atoms with Crippen molar-refractivity contribution in [2.45, 2.75) is 96.8 Å². The first-order valence-corrected chi connectivity index (χ1v) is 11.6. The van der Waals surface area contributed by atoms with E-state index in [0.29, 0.717) is 0 Å². The monoisotopic (exact) mass is 402 g/mol. The van der Waals surface area contributed by atoms with E-state index in [-0.39, 0.29) is 0 Å². The molecule has 1 aromatic carbocycles. The zero-order chi connectivity index (χ0) is 21.2. The van der Waals surface area contributed by atoms with Crippen LogP contribution in [0.1, 0.15) is 102 Å². The number of aldehydes is 1. The lowest BCUT2D eigenvalue weighted by Gasteiger charge is -2.08. The lowest BCUT2D eigenvalue weighted by Crippen LogP contribution is -1.92. The highest BCUT2D eigenvalue weighted by Crippen LogP contribution is 2.27. The number of hydrogen-bond donors (Lipinski definition) is 0. The van der Waals surface area contributed by atoms with Gasteiger partial charge in [-0.15, -0.1) is 0 Å². The molecule has 0 aliphatic rings. The average Bonchev–Trinajstić information content (AvgIpc) is 2.76. The molecule has 29 heavy (non-hydrogen) atoms. The molecular weight excluding hydrogens is 360 g/mol. The third-order valence-electron chi connectivity index (χ3n) is 5.50. The maximum absolute atomic E-state index is 11.4. The van der Waals surface area contributed by atoms with Gasteiger partial charge in [0, 0.05) is 11.6 Å².